The van der Waals surface area contributed by atoms with Crippen molar-refractivity contribution in [2.45, 2.75) is 10.7 Å². The molecular formula is C14H10F2N4O4S. The van der Waals surface area contributed by atoms with Crippen LogP contribution in [-0.2, 0) is 9.84 Å². The maximum absolute atomic E-state index is 12.5. The lowest BCUT2D eigenvalue weighted by Crippen LogP contribution is -2.11. The highest BCUT2D eigenvalue weighted by Gasteiger charge is 2.26. The normalized spacial score (nSPS) is 11.7. The molecule has 0 atom stereocenters. The minimum Gasteiger partial charge on any atom is -0.481 e. The molecule has 0 aliphatic carbocycles. The molecule has 0 radical (unpaired) electrons. The van der Waals surface area contributed by atoms with E-state index in [0.717, 1.165) is 12.1 Å². The van der Waals surface area contributed by atoms with E-state index in [1.165, 1.54) is 31.6 Å². The van der Waals surface area contributed by atoms with Gasteiger partial charge in [0.25, 0.3) is 5.89 Å². The maximum Gasteiger partial charge on any atom is 0.341 e. The Kier molecular flexibility index (Phi) is 4.40. The van der Waals surface area contributed by atoms with Gasteiger partial charge in [-0.3, -0.25) is 0 Å². The number of ether oxygens (including phenoxy) is 1. The quantitative estimate of drug-likeness (QED) is 0.674. The standard InChI is InChI=1S/C14H10F2N4O4S/c1-23-11-6-10(17-7-18-11)12-19-13(24-20-12)8-2-4-9(5-3-8)25(21,22)14(15)16/h2-7,14H,1H3. The fourth-order valence-corrected chi connectivity index (χ4v) is 2.63. The molecule has 0 fully saturated rings. The van der Waals surface area contributed by atoms with E-state index in [1.807, 2.05) is 0 Å². The number of alkyl halides is 2. The van der Waals surface area contributed by atoms with Crippen LogP contribution in [0.3, 0.4) is 0 Å². The van der Waals surface area contributed by atoms with E-state index in [0.29, 0.717) is 17.1 Å². The second kappa shape index (κ2) is 6.51. The average Bonchev–Trinajstić information content (AvgIpc) is 3.12. The first-order chi connectivity index (χ1) is 11.9. The van der Waals surface area contributed by atoms with E-state index in [9.17, 15) is 17.2 Å². The van der Waals surface area contributed by atoms with Crippen LogP contribution in [0, 0.1) is 0 Å². The van der Waals surface area contributed by atoms with Crippen LogP contribution in [0.5, 0.6) is 5.88 Å². The fraction of sp³-hybridized carbons (Fsp3) is 0.143. The lowest BCUT2D eigenvalue weighted by atomic mass is 10.2. The molecule has 0 unspecified atom stereocenters. The van der Waals surface area contributed by atoms with E-state index in [-0.39, 0.29) is 11.7 Å². The molecule has 1 aromatic carbocycles. The van der Waals surface area contributed by atoms with Crippen LogP contribution in [0.1, 0.15) is 0 Å². The first-order valence-corrected chi connectivity index (χ1v) is 8.29. The Bertz CT molecular complexity index is 990. The molecule has 2 aromatic heterocycles. The first kappa shape index (κ1) is 16.9. The third-order valence-corrected chi connectivity index (χ3v) is 4.57. The Morgan fingerprint density at radius 1 is 1.16 bits per heavy atom. The van der Waals surface area contributed by atoms with Crippen LogP contribution in [-0.4, -0.2) is 41.4 Å². The predicted octanol–water partition coefficient (Wildman–Crippen LogP) is 2.20. The number of halogens is 2. The number of hydrogen-bond acceptors (Lipinski definition) is 8. The Morgan fingerprint density at radius 2 is 1.88 bits per heavy atom. The minimum absolute atomic E-state index is 0.0774. The molecule has 11 heteroatoms. The van der Waals surface area contributed by atoms with Crippen molar-refractivity contribution in [3.63, 3.8) is 0 Å². The lowest BCUT2D eigenvalue weighted by molar-refractivity contribution is 0.234. The van der Waals surface area contributed by atoms with E-state index in [4.69, 9.17) is 9.26 Å². The van der Waals surface area contributed by atoms with Gasteiger partial charge in [-0.15, -0.1) is 0 Å². The molecule has 0 aliphatic heterocycles. The molecule has 3 rings (SSSR count). The SMILES string of the molecule is COc1cc(-c2noc(-c3ccc(S(=O)(=O)C(F)F)cc3)n2)ncn1. The van der Waals surface area contributed by atoms with Gasteiger partial charge in [-0.1, -0.05) is 5.16 Å². The first-order valence-electron chi connectivity index (χ1n) is 6.74. The molecular weight excluding hydrogens is 358 g/mol. The Hall–Kier alpha value is -2.95. The monoisotopic (exact) mass is 368 g/mol. The molecule has 130 valence electrons. The van der Waals surface area contributed by atoms with Crippen LogP contribution in [0.2, 0.25) is 0 Å². The number of aromatic nitrogens is 4. The summed E-state index contributed by atoms with van der Waals surface area (Å²) in [7, 11) is -3.20. The van der Waals surface area contributed by atoms with Crippen LogP contribution < -0.4 is 4.74 Å². The average molecular weight is 368 g/mol. The van der Waals surface area contributed by atoms with Gasteiger partial charge in [0.2, 0.25) is 21.5 Å². The molecule has 2 heterocycles. The molecule has 25 heavy (non-hydrogen) atoms. The van der Waals surface area contributed by atoms with Crippen molar-refractivity contribution in [2.24, 2.45) is 0 Å². The van der Waals surface area contributed by atoms with Crippen LogP contribution in [0.15, 0.2) is 46.1 Å². The highest BCUT2D eigenvalue weighted by atomic mass is 32.2. The van der Waals surface area contributed by atoms with E-state index in [2.05, 4.69) is 20.1 Å². The zero-order valence-corrected chi connectivity index (χ0v) is 13.4. The zero-order chi connectivity index (χ0) is 18.0. The topological polar surface area (TPSA) is 108 Å². The smallest absolute Gasteiger partial charge is 0.341 e. The largest absolute Gasteiger partial charge is 0.481 e. The Labute approximate surface area is 140 Å². The number of sulfone groups is 1. The molecule has 0 spiro atoms. The van der Waals surface area contributed by atoms with Gasteiger partial charge >= 0.3 is 5.76 Å². The van der Waals surface area contributed by atoms with Crippen molar-refractivity contribution in [3.05, 3.63) is 36.7 Å². The third kappa shape index (κ3) is 3.31. The lowest BCUT2D eigenvalue weighted by Gasteiger charge is -2.02. The molecule has 3 aromatic rings. The van der Waals surface area contributed by atoms with Crippen molar-refractivity contribution in [1.82, 2.24) is 20.1 Å². The van der Waals surface area contributed by atoms with Crippen LogP contribution in [0.4, 0.5) is 8.78 Å². The predicted molar refractivity (Wildman–Crippen MR) is 80.5 cm³/mol. The summed E-state index contributed by atoms with van der Waals surface area (Å²) >= 11 is 0. The summed E-state index contributed by atoms with van der Waals surface area (Å²) in [6.45, 7) is 0. The van der Waals surface area contributed by atoms with Gasteiger partial charge in [0.15, 0.2) is 0 Å². The van der Waals surface area contributed by atoms with Crippen molar-refractivity contribution in [3.8, 4) is 28.9 Å². The highest BCUT2D eigenvalue weighted by molar-refractivity contribution is 7.91. The van der Waals surface area contributed by atoms with E-state index >= 15 is 0 Å². The highest BCUT2D eigenvalue weighted by Crippen LogP contribution is 2.25. The van der Waals surface area contributed by atoms with E-state index < -0.39 is 20.5 Å². The summed E-state index contributed by atoms with van der Waals surface area (Å²) in [6.07, 6.45) is 1.27. The second-order valence-electron chi connectivity index (χ2n) is 4.70. The summed E-state index contributed by atoms with van der Waals surface area (Å²) in [5.74, 6) is -2.92. The van der Waals surface area contributed by atoms with Gasteiger partial charge in [-0.05, 0) is 24.3 Å². The fourth-order valence-electron chi connectivity index (χ4n) is 1.91. The number of nitrogens with zero attached hydrogens (tertiary/aromatic N) is 4. The van der Waals surface area contributed by atoms with Crippen molar-refractivity contribution < 1.29 is 26.5 Å². The molecule has 0 saturated carbocycles. The summed E-state index contributed by atoms with van der Waals surface area (Å²) < 4.78 is 57.9. The number of hydrogen-bond donors (Lipinski definition) is 0. The molecule has 0 amide bonds. The molecule has 0 aliphatic rings. The second-order valence-corrected chi connectivity index (χ2v) is 6.62. The number of rotatable bonds is 5. The van der Waals surface area contributed by atoms with Gasteiger partial charge < -0.3 is 9.26 Å². The van der Waals surface area contributed by atoms with Crippen LogP contribution >= 0.6 is 0 Å². The summed E-state index contributed by atoms with van der Waals surface area (Å²) in [6, 6.07) is 6.20. The summed E-state index contributed by atoms with van der Waals surface area (Å²) in [5.41, 5.74) is 0.728. The minimum atomic E-state index is -4.65. The van der Waals surface area contributed by atoms with Gasteiger partial charge in [0, 0.05) is 11.6 Å². The molecule has 0 bridgehead atoms. The third-order valence-electron chi connectivity index (χ3n) is 3.17. The van der Waals surface area contributed by atoms with Crippen molar-refractivity contribution in [2.75, 3.05) is 7.11 Å². The number of methoxy groups -OCH3 is 1. The summed E-state index contributed by atoms with van der Waals surface area (Å²) in [5, 5.41) is 3.77. The van der Waals surface area contributed by atoms with Gasteiger partial charge in [0.05, 0.1) is 12.0 Å². The molecule has 8 nitrogen and oxygen atoms in total. The van der Waals surface area contributed by atoms with E-state index in [1.54, 1.807) is 0 Å². The Balaban J connectivity index is 1.90. The van der Waals surface area contributed by atoms with Crippen LogP contribution in [0.25, 0.3) is 23.0 Å². The molecule has 0 saturated heterocycles. The van der Waals surface area contributed by atoms with Gasteiger partial charge in [-0.25, -0.2) is 18.4 Å². The van der Waals surface area contributed by atoms with Crippen molar-refractivity contribution >= 4 is 9.84 Å². The molecule has 0 N–H and O–H groups in total. The van der Waals surface area contributed by atoms with Gasteiger partial charge in [-0.2, -0.15) is 13.8 Å². The Morgan fingerprint density at radius 3 is 2.52 bits per heavy atom. The van der Waals surface area contributed by atoms with Crippen molar-refractivity contribution in [1.29, 1.82) is 0 Å². The number of benzene rings is 1. The zero-order valence-electron chi connectivity index (χ0n) is 12.6. The maximum atomic E-state index is 12.5. The van der Waals surface area contributed by atoms with Gasteiger partial charge in [0.1, 0.15) is 12.0 Å². The summed E-state index contributed by atoms with van der Waals surface area (Å²) in [4.78, 5) is 11.5.